The van der Waals surface area contributed by atoms with Crippen molar-refractivity contribution in [1.29, 1.82) is 0 Å². The average Bonchev–Trinajstić information content (AvgIpc) is 3.05. The third-order valence-electron chi connectivity index (χ3n) is 4.62. The molecular weight excluding hydrogens is 364 g/mol. The van der Waals surface area contributed by atoms with E-state index in [0.29, 0.717) is 22.8 Å². The third kappa shape index (κ3) is 4.42. The van der Waals surface area contributed by atoms with Crippen LogP contribution in [0.3, 0.4) is 0 Å². The van der Waals surface area contributed by atoms with Crippen LogP contribution in [-0.2, 0) is 9.63 Å². The summed E-state index contributed by atoms with van der Waals surface area (Å²) in [7, 11) is 0. The molecular formula is C21H23ClN2O3. The maximum atomic E-state index is 12.5. The van der Waals surface area contributed by atoms with E-state index in [4.69, 9.17) is 16.4 Å². The van der Waals surface area contributed by atoms with Gasteiger partial charge in [0.25, 0.3) is 0 Å². The van der Waals surface area contributed by atoms with Crippen molar-refractivity contribution >= 4 is 28.9 Å². The molecule has 5 nitrogen and oxygen atoms in total. The molecule has 2 aromatic carbocycles. The maximum Gasteiger partial charge on any atom is 0.230 e. The molecule has 1 amide bonds. The fraction of sp³-hybridized carbons (Fsp3) is 0.333. The van der Waals surface area contributed by atoms with Crippen LogP contribution in [0.1, 0.15) is 55.4 Å². The second-order valence-corrected chi connectivity index (χ2v) is 7.49. The van der Waals surface area contributed by atoms with Gasteiger partial charge in [-0.15, -0.1) is 0 Å². The number of benzene rings is 2. The molecule has 0 spiro atoms. The monoisotopic (exact) mass is 386 g/mol. The number of halogens is 1. The fourth-order valence-corrected chi connectivity index (χ4v) is 3.38. The van der Waals surface area contributed by atoms with E-state index in [1.54, 1.807) is 6.07 Å². The molecule has 0 aromatic heterocycles. The standard InChI is InChI=1S/C21H23ClN2O3/c1-12(2)16-11-18(13(3)8-19(16)25)23-21(26)10-14-9-20(27-24-14)15-6-4-5-7-17(15)22/h4-8,11-12,20,25H,9-10H2,1-3H3,(H,23,26). The Labute approximate surface area is 164 Å². The Morgan fingerprint density at radius 2 is 2.11 bits per heavy atom. The van der Waals surface area contributed by atoms with E-state index in [1.807, 2.05) is 51.1 Å². The number of anilines is 1. The molecule has 27 heavy (non-hydrogen) atoms. The van der Waals surface area contributed by atoms with Crippen LogP contribution in [0.25, 0.3) is 0 Å². The number of hydrogen-bond acceptors (Lipinski definition) is 4. The molecule has 6 heteroatoms. The lowest BCUT2D eigenvalue weighted by Gasteiger charge is -2.14. The number of rotatable bonds is 5. The summed E-state index contributed by atoms with van der Waals surface area (Å²) in [5.41, 5.74) is 3.86. The molecule has 1 heterocycles. The predicted octanol–water partition coefficient (Wildman–Crippen LogP) is 5.32. The molecule has 0 bridgehead atoms. The first-order valence-corrected chi connectivity index (χ1v) is 9.32. The van der Waals surface area contributed by atoms with Crippen LogP contribution >= 0.6 is 11.6 Å². The van der Waals surface area contributed by atoms with Crippen molar-refractivity contribution in [1.82, 2.24) is 0 Å². The zero-order valence-electron chi connectivity index (χ0n) is 15.6. The van der Waals surface area contributed by atoms with Gasteiger partial charge in [0.15, 0.2) is 6.10 Å². The predicted molar refractivity (Wildman–Crippen MR) is 108 cm³/mol. The number of carbonyl (C=O) groups is 1. The molecule has 1 aliphatic rings. The second kappa shape index (κ2) is 8.01. The van der Waals surface area contributed by atoms with Crippen molar-refractivity contribution in [2.75, 3.05) is 5.32 Å². The van der Waals surface area contributed by atoms with Crippen LogP contribution in [0.5, 0.6) is 5.75 Å². The van der Waals surface area contributed by atoms with Gasteiger partial charge >= 0.3 is 0 Å². The smallest absolute Gasteiger partial charge is 0.230 e. The number of phenols is 1. The maximum absolute atomic E-state index is 12.5. The van der Waals surface area contributed by atoms with E-state index >= 15 is 0 Å². The lowest BCUT2D eigenvalue weighted by molar-refractivity contribution is -0.115. The van der Waals surface area contributed by atoms with E-state index in [9.17, 15) is 9.90 Å². The molecule has 2 N–H and O–H groups in total. The Morgan fingerprint density at radius 1 is 1.37 bits per heavy atom. The van der Waals surface area contributed by atoms with Crippen LogP contribution in [0, 0.1) is 6.92 Å². The summed E-state index contributed by atoms with van der Waals surface area (Å²) < 4.78 is 0. The van der Waals surface area contributed by atoms with Gasteiger partial charge in [-0.25, -0.2) is 0 Å². The molecule has 1 unspecified atom stereocenters. The summed E-state index contributed by atoms with van der Waals surface area (Å²) in [5, 5.41) is 17.6. The Morgan fingerprint density at radius 3 is 2.81 bits per heavy atom. The molecule has 0 aliphatic carbocycles. The minimum atomic E-state index is -0.260. The SMILES string of the molecule is Cc1cc(O)c(C(C)C)cc1NC(=O)CC1=NOC(c2ccccc2Cl)C1. The Bertz CT molecular complexity index is 893. The quantitative estimate of drug-likeness (QED) is 0.683. The highest BCUT2D eigenvalue weighted by Gasteiger charge is 2.26. The van der Waals surface area contributed by atoms with Gasteiger partial charge in [-0.05, 0) is 42.2 Å². The number of nitrogens with zero attached hydrogens (tertiary/aromatic N) is 1. The fourth-order valence-electron chi connectivity index (χ4n) is 3.12. The highest BCUT2D eigenvalue weighted by molar-refractivity contribution is 6.31. The molecule has 0 saturated heterocycles. The van der Waals surface area contributed by atoms with Crippen LogP contribution in [-0.4, -0.2) is 16.7 Å². The Kier molecular flexibility index (Phi) is 5.71. The van der Waals surface area contributed by atoms with Crippen molar-refractivity contribution in [3.05, 3.63) is 58.1 Å². The van der Waals surface area contributed by atoms with Gasteiger partial charge in [-0.2, -0.15) is 0 Å². The molecule has 142 valence electrons. The number of hydrogen-bond donors (Lipinski definition) is 2. The summed E-state index contributed by atoms with van der Waals surface area (Å²) in [6.07, 6.45) is 0.422. The van der Waals surface area contributed by atoms with E-state index < -0.39 is 0 Å². The average molecular weight is 387 g/mol. The first-order chi connectivity index (χ1) is 12.8. The number of aromatic hydroxyl groups is 1. The molecule has 1 atom stereocenters. The van der Waals surface area contributed by atoms with Gasteiger partial charge in [0, 0.05) is 22.7 Å². The Balaban J connectivity index is 1.64. The van der Waals surface area contributed by atoms with E-state index in [1.165, 1.54) is 0 Å². The number of carbonyl (C=O) groups excluding carboxylic acids is 1. The molecule has 2 aromatic rings. The van der Waals surface area contributed by atoms with Gasteiger partial charge in [0.1, 0.15) is 5.75 Å². The number of oxime groups is 1. The molecule has 0 saturated carbocycles. The summed E-state index contributed by atoms with van der Waals surface area (Å²) in [4.78, 5) is 17.9. The van der Waals surface area contributed by atoms with Crippen molar-refractivity contribution in [3.8, 4) is 5.75 Å². The topological polar surface area (TPSA) is 70.9 Å². The van der Waals surface area contributed by atoms with E-state index in [-0.39, 0.29) is 30.1 Å². The van der Waals surface area contributed by atoms with Crippen LogP contribution in [0.4, 0.5) is 5.69 Å². The van der Waals surface area contributed by atoms with Crippen molar-refractivity contribution in [3.63, 3.8) is 0 Å². The summed E-state index contributed by atoms with van der Waals surface area (Å²) in [6.45, 7) is 5.84. The van der Waals surface area contributed by atoms with Crippen LogP contribution in [0.2, 0.25) is 5.02 Å². The summed E-state index contributed by atoms with van der Waals surface area (Å²) >= 11 is 6.20. The van der Waals surface area contributed by atoms with Crippen LogP contribution < -0.4 is 5.32 Å². The molecule has 1 aliphatic heterocycles. The van der Waals surface area contributed by atoms with Crippen molar-refractivity contribution in [2.24, 2.45) is 5.16 Å². The molecule has 0 radical (unpaired) electrons. The van der Waals surface area contributed by atoms with E-state index in [0.717, 1.165) is 16.7 Å². The van der Waals surface area contributed by atoms with Gasteiger partial charge in [-0.1, -0.05) is 48.8 Å². The first kappa shape index (κ1) is 19.2. The minimum absolute atomic E-state index is 0.151. The zero-order valence-corrected chi connectivity index (χ0v) is 16.4. The van der Waals surface area contributed by atoms with Gasteiger partial charge in [0.2, 0.25) is 5.91 Å². The lowest BCUT2D eigenvalue weighted by atomic mass is 9.99. The molecule has 0 fully saturated rings. The lowest BCUT2D eigenvalue weighted by Crippen LogP contribution is -2.17. The van der Waals surface area contributed by atoms with Gasteiger partial charge in [0.05, 0.1) is 12.1 Å². The van der Waals surface area contributed by atoms with E-state index in [2.05, 4.69) is 10.5 Å². The number of aryl methyl sites for hydroxylation is 1. The highest BCUT2D eigenvalue weighted by Crippen LogP contribution is 2.33. The normalized spacial score (nSPS) is 16.2. The molecule has 3 rings (SSSR count). The highest BCUT2D eigenvalue weighted by atomic mass is 35.5. The van der Waals surface area contributed by atoms with Crippen LogP contribution in [0.15, 0.2) is 41.6 Å². The zero-order chi connectivity index (χ0) is 19.6. The largest absolute Gasteiger partial charge is 0.508 e. The Hall–Kier alpha value is -2.53. The summed E-state index contributed by atoms with van der Waals surface area (Å²) in [6, 6.07) is 11.0. The number of phenolic OH excluding ortho intramolecular Hbond substituents is 1. The number of amides is 1. The minimum Gasteiger partial charge on any atom is -0.508 e. The van der Waals surface area contributed by atoms with Gasteiger partial charge < -0.3 is 15.3 Å². The third-order valence-corrected chi connectivity index (χ3v) is 4.96. The van der Waals surface area contributed by atoms with Crippen molar-refractivity contribution in [2.45, 2.75) is 45.6 Å². The second-order valence-electron chi connectivity index (χ2n) is 7.08. The van der Waals surface area contributed by atoms with Gasteiger partial charge in [-0.3, -0.25) is 4.79 Å². The number of nitrogens with one attached hydrogen (secondary N) is 1. The first-order valence-electron chi connectivity index (χ1n) is 8.94. The van der Waals surface area contributed by atoms with Crippen molar-refractivity contribution < 1.29 is 14.7 Å². The summed E-state index contributed by atoms with van der Waals surface area (Å²) in [5.74, 6) is 0.238.